The van der Waals surface area contributed by atoms with Gasteiger partial charge in [-0.15, -0.1) is 0 Å². The number of hydrogen-bond donors (Lipinski definition) is 2. The van der Waals surface area contributed by atoms with Gasteiger partial charge in [0.1, 0.15) is 10.8 Å². The van der Waals surface area contributed by atoms with Gasteiger partial charge in [-0.1, -0.05) is 23.7 Å². The number of rotatable bonds is 4. The second-order valence-corrected chi connectivity index (χ2v) is 7.19. The summed E-state index contributed by atoms with van der Waals surface area (Å²) < 4.78 is 24.5. The van der Waals surface area contributed by atoms with Gasteiger partial charge in [0.2, 0.25) is 0 Å². The fourth-order valence-electron chi connectivity index (χ4n) is 1.57. The summed E-state index contributed by atoms with van der Waals surface area (Å²) in [6.07, 6.45) is 1.45. The third kappa shape index (κ3) is 2.74. The molecule has 0 spiro atoms. The highest BCUT2D eigenvalue weighted by Gasteiger charge is 2.22. The summed E-state index contributed by atoms with van der Waals surface area (Å²) in [5.74, 6) is 0.466. The van der Waals surface area contributed by atoms with Crippen molar-refractivity contribution in [1.82, 2.24) is 10.2 Å². The molecule has 0 unspecified atom stereocenters. The summed E-state index contributed by atoms with van der Waals surface area (Å²) in [6.45, 7) is 3.30. The smallest absolute Gasteiger partial charge is 0.182 e. The molecule has 7 heteroatoms. The van der Waals surface area contributed by atoms with Gasteiger partial charge < -0.3 is 5.32 Å². The molecule has 1 aromatic heterocycles. The Labute approximate surface area is 116 Å². The molecule has 1 heterocycles. The number of benzene rings is 1. The van der Waals surface area contributed by atoms with Gasteiger partial charge in [-0.05, 0) is 26.0 Å². The van der Waals surface area contributed by atoms with Crippen LogP contribution in [0.15, 0.2) is 35.4 Å². The first kappa shape index (κ1) is 13.9. The maximum absolute atomic E-state index is 12.3. The second kappa shape index (κ2) is 5.22. The highest BCUT2D eigenvalue weighted by molar-refractivity contribution is 7.92. The molecule has 0 bridgehead atoms. The Bertz CT molecular complexity index is 680. The molecule has 2 aromatic rings. The van der Waals surface area contributed by atoms with Gasteiger partial charge in [-0.2, -0.15) is 5.10 Å². The van der Waals surface area contributed by atoms with Gasteiger partial charge in [-0.25, -0.2) is 8.42 Å². The van der Waals surface area contributed by atoms with Crippen molar-refractivity contribution in [3.63, 3.8) is 0 Å². The van der Waals surface area contributed by atoms with Crippen molar-refractivity contribution in [1.29, 1.82) is 0 Å². The minimum atomic E-state index is -3.36. The predicted octanol–water partition coefficient (Wildman–Crippen LogP) is 2.99. The zero-order valence-electron chi connectivity index (χ0n) is 10.5. The first-order valence-corrected chi connectivity index (χ1v) is 7.64. The quantitative estimate of drug-likeness (QED) is 0.910. The van der Waals surface area contributed by atoms with Crippen molar-refractivity contribution in [2.75, 3.05) is 5.32 Å². The molecule has 0 amide bonds. The van der Waals surface area contributed by atoms with Gasteiger partial charge in [0.05, 0.1) is 22.0 Å². The predicted molar refractivity (Wildman–Crippen MR) is 75.6 cm³/mol. The Balaban J connectivity index is 2.46. The molecule has 0 atom stereocenters. The van der Waals surface area contributed by atoms with E-state index in [1.165, 1.54) is 6.20 Å². The van der Waals surface area contributed by atoms with Gasteiger partial charge >= 0.3 is 0 Å². The van der Waals surface area contributed by atoms with Crippen LogP contribution in [0.2, 0.25) is 5.02 Å². The Morgan fingerprint density at radius 2 is 2.00 bits per heavy atom. The number of nitrogens with one attached hydrogen (secondary N) is 2. The van der Waals surface area contributed by atoms with E-state index < -0.39 is 15.1 Å². The standard InChI is InChI=1S/C12H14ClN3O2S/c1-8(2)19(17,18)11-6-4-3-5-10(11)15-12-9(13)7-14-16-12/h3-8H,1-2H3,(H2,14,15,16). The molecule has 19 heavy (non-hydrogen) atoms. The van der Waals surface area contributed by atoms with E-state index in [2.05, 4.69) is 15.5 Å². The molecule has 1 aromatic carbocycles. The number of aromatic nitrogens is 2. The van der Waals surface area contributed by atoms with Crippen molar-refractivity contribution in [3.05, 3.63) is 35.5 Å². The Morgan fingerprint density at radius 3 is 2.58 bits per heavy atom. The summed E-state index contributed by atoms with van der Waals surface area (Å²) >= 11 is 5.91. The molecular weight excluding hydrogens is 286 g/mol. The Morgan fingerprint density at radius 1 is 1.32 bits per heavy atom. The fourth-order valence-corrected chi connectivity index (χ4v) is 2.91. The lowest BCUT2D eigenvalue weighted by Gasteiger charge is -2.13. The van der Waals surface area contributed by atoms with Crippen LogP contribution >= 0.6 is 11.6 Å². The lowest BCUT2D eigenvalue weighted by atomic mass is 10.3. The lowest BCUT2D eigenvalue weighted by molar-refractivity contribution is 0.588. The molecule has 0 fully saturated rings. The summed E-state index contributed by atoms with van der Waals surface area (Å²) in [5.41, 5.74) is 0.474. The highest BCUT2D eigenvalue weighted by Crippen LogP contribution is 2.29. The summed E-state index contributed by atoms with van der Waals surface area (Å²) in [6, 6.07) is 6.70. The van der Waals surface area contributed by atoms with E-state index in [0.717, 1.165) is 0 Å². The maximum atomic E-state index is 12.3. The van der Waals surface area contributed by atoms with Crippen LogP contribution in [-0.2, 0) is 9.84 Å². The zero-order chi connectivity index (χ0) is 14.0. The van der Waals surface area contributed by atoms with Crippen LogP contribution in [0.25, 0.3) is 0 Å². The maximum Gasteiger partial charge on any atom is 0.182 e. The van der Waals surface area contributed by atoms with E-state index in [4.69, 9.17) is 11.6 Å². The van der Waals surface area contributed by atoms with Crippen LogP contribution in [0.3, 0.4) is 0 Å². The number of H-pyrrole nitrogens is 1. The number of anilines is 2. The van der Waals surface area contributed by atoms with Crippen molar-refractivity contribution in [2.45, 2.75) is 24.0 Å². The van der Waals surface area contributed by atoms with Gasteiger partial charge in [-0.3, -0.25) is 5.10 Å². The molecule has 102 valence electrons. The molecule has 0 aliphatic rings. The molecule has 0 saturated carbocycles. The molecule has 0 saturated heterocycles. The van der Waals surface area contributed by atoms with Crippen LogP contribution in [-0.4, -0.2) is 23.9 Å². The monoisotopic (exact) mass is 299 g/mol. The summed E-state index contributed by atoms with van der Waals surface area (Å²) in [5, 5.41) is 9.31. The van der Waals surface area contributed by atoms with Crippen molar-refractivity contribution in [3.8, 4) is 0 Å². The summed E-state index contributed by atoms with van der Waals surface area (Å²) in [7, 11) is -3.36. The number of nitrogens with zero attached hydrogens (tertiary/aromatic N) is 1. The fraction of sp³-hybridized carbons (Fsp3) is 0.250. The Hall–Kier alpha value is -1.53. The number of halogens is 1. The topological polar surface area (TPSA) is 74.8 Å². The average Bonchev–Trinajstić information content (AvgIpc) is 2.75. The molecule has 0 radical (unpaired) electrons. The minimum Gasteiger partial charge on any atom is -0.338 e. The van der Waals surface area contributed by atoms with E-state index in [1.54, 1.807) is 38.1 Å². The first-order valence-electron chi connectivity index (χ1n) is 5.71. The van der Waals surface area contributed by atoms with Gasteiger partial charge in [0, 0.05) is 0 Å². The summed E-state index contributed by atoms with van der Waals surface area (Å²) in [4.78, 5) is 0.246. The third-order valence-electron chi connectivity index (χ3n) is 2.67. The first-order chi connectivity index (χ1) is 8.93. The second-order valence-electron chi connectivity index (χ2n) is 4.31. The number of para-hydroxylation sites is 1. The molecule has 2 rings (SSSR count). The molecule has 5 nitrogen and oxygen atoms in total. The van der Waals surface area contributed by atoms with Crippen LogP contribution in [0.5, 0.6) is 0 Å². The van der Waals surface area contributed by atoms with Crippen LogP contribution in [0.4, 0.5) is 11.5 Å². The lowest BCUT2D eigenvalue weighted by Crippen LogP contribution is -2.15. The normalized spacial score (nSPS) is 11.8. The van der Waals surface area contributed by atoms with Crippen molar-refractivity contribution < 1.29 is 8.42 Å². The number of sulfone groups is 1. The largest absolute Gasteiger partial charge is 0.338 e. The molecular formula is C12H14ClN3O2S. The number of aromatic amines is 1. The molecule has 0 aliphatic heterocycles. The van der Waals surface area contributed by atoms with Crippen molar-refractivity contribution in [2.24, 2.45) is 0 Å². The molecule has 0 aliphatic carbocycles. The van der Waals surface area contributed by atoms with Gasteiger partial charge in [0.25, 0.3) is 0 Å². The van der Waals surface area contributed by atoms with E-state index in [0.29, 0.717) is 16.5 Å². The third-order valence-corrected chi connectivity index (χ3v) is 5.16. The van der Waals surface area contributed by atoms with Crippen molar-refractivity contribution >= 4 is 32.9 Å². The number of hydrogen-bond acceptors (Lipinski definition) is 4. The van der Waals surface area contributed by atoms with Gasteiger partial charge in [0.15, 0.2) is 9.84 Å². The van der Waals surface area contributed by atoms with Crippen LogP contribution < -0.4 is 5.32 Å². The van der Waals surface area contributed by atoms with E-state index in [9.17, 15) is 8.42 Å². The van der Waals surface area contributed by atoms with Crippen LogP contribution in [0.1, 0.15) is 13.8 Å². The van der Waals surface area contributed by atoms with E-state index in [-0.39, 0.29) is 4.90 Å². The molecule has 2 N–H and O–H groups in total. The highest BCUT2D eigenvalue weighted by atomic mass is 35.5. The van der Waals surface area contributed by atoms with Crippen LogP contribution in [0, 0.1) is 0 Å². The van der Waals surface area contributed by atoms with E-state index >= 15 is 0 Å². The SMILES string of the molecule is CC(C)S(=O)(=O)c1ccccc1Nc1[nH]ncc1Cl. The minimum absolute atomic E-state index is 0.246. The Kier molecular flexibility index (Phi) is 3.82. The average molecular weight is 300 g/mol. The van der Waals surface area contributed by atoms with E-state index in [1.807, 2.05) is 0 Å². The zero-order valence-corrected chi connectivity index (χ0v) is 12.1.